The number of nitrogens with one attached hydrogen (secondary N) is 1. The van der Waals surface area contributed by atoms with Crippen molar-refractivity contribution in [1.29, 1.82) is 0 Å². The van der Waals surface area contributed by atoms with Gasteiger partial charge in [-0.15, -0.1) is 0 Å². The molecule has 0 saturated heterocycles. The summed E-state index contributed by atoms with van der Waals surface area (Å²) in [6.45, 7) is 9.77. The third-order valence-electron chi connectivity index (χ3n) is 3.73. The van der Waals surface area contributed by atoms with Crippen LogP contribution in [0, 0.1) is 17.3 Å². The maximum atomic E-state index is 11.7. The van der Waals surface area contributed by atoms with E-state index in [2.05, 4.69) is 33.0 Å². The van der Waals surface area contributed by atoms with E-state index in [4.69, 9.17) is 0 Å². The summed E-state index contributed by atoms with van der Waals surface area (Å²) in [5.41, 5.74) is 0.261. The minimum Gasteiger partial charge on any atom is -0.356 e. The first-order chi connectivity index (χ1) is 7.87. The Balaban J connectivity index is 2.15. The molecule has 0 heterocycles. The van der Waals surface area contributed by atoms with E-state index in [0.29, 0.717) is 6.42 Å². The Labute approximate surface area is 107 Å². The Hall–Kier alpha value is -0.530. The van der Waals surface area contributed by atoms with Gasteiger partial charge < -0.3 is 5.32 Å². The second-order valence-electron chi connectivity index (χ2n) is 7.00. The maximum absolute atomic E-state index is 11.7. The van der Waals surface area contributed by atoms with Gasteiger partial charge in [0.25, 0.3) is 0 Å². The minimum atomic E-state index is 0.234. The van der Waals surface area contributed by atoms with Crippen molar-refractivity contribution in [2.75, 3.05) is 6.54 Å². The van der Waals surface area contributed by atoms with E-state index in [1.165, 1.54) is 25.7 Å². The van der Waals surface area contributed by atoms with Crippen LogP contribution in [0.15, 0.2) is 0 Å². The zero-order valence-corrected chi connectivity index (χ0v) is 12.0. The third-order valence-corrected chi connectivity index (χ3v) is 3.73. The van der Waals surface area contributed by atoms with Crippen molar-refractivity contribution >= 4 is 5.91 Å². The molecule has 0 unspecified atom stereocenters. The Morgan fingerprint density at radius 1 is 1.29 bits per heavy atom. The molecule has 0 aliphatic heterocycles. The molecule has 0 radical (unpaired) electrons. The van der Waals surface area contributed by atoms with Gasteiger partial charge in [-0.25, -0.2) is 0 Å². The van der Waals surface area contributed by atoms with Gasteiger partial charge in [-0.2, -0.15) is 0 Å². The molecular formula is C15H29NO. The SMILES string of the molecule is C[C@H]1CCC[C@@H](CNC(=O)CCC(C)(C)C)C1. The van der Waals surface area contributed by atoms with Crippen molar-refractivity contribution in [2.45, 2.75) is 66.2 Å². The fourth-order valence-corrected chi connectivity index (χ4v) is 2.58. The second kappa shape index (κ2) is 6.42. The number of amides is 1. The van der Waals surface area contributed by atoms with Crippen LogP contribution in [0.5, 0.6) is 0 Å². The lowest BCUT2D eigenvalue weighted by Gasteiger charge is -2.27. The van der Waals surface area contributed by atoms with Crippen molar-refractivity contribution < 1.29 is 4.79 Å². The van der Waals surface area contributed by atoms with Crippen LogP contribution in [0.2, 0.25) is 0 Å². The highest BCUT2D eigenvalue weighted by atomic mass is 16.1. The number of hydrogen-bond acceptors (Lipinski definition) is 1. The lowest BCUT2D eigenvalue weighted by Crippen LogP contribution is -2.31. The fraction of sp³-hybridized carbons (Fsp3) is 0.933. The Morgan fingerprint density at radius 2 is 2.00 bits per heavy atom. The van der Waals surface area contributed by atoms with Gasteiger partial charge in [0.1, 0.15) is 0 Å². The van der Waals surface area contributed by atoms with Crippen molar-refractivity contribution in [3.8, 4) is 0 Å². The molecule has 1 N–H and O–H groups in total. The fourth-order valence-electron chi connectivity index (χ4n) is 2.58. The molecule has 17 heavy (non-hydrogen) atoms. The minimum absolute atomic E-state index is 0.234. The summed E-state index contributed by atoms with van der Waals surface area (Å²) in [6, 6.07) is 0. The van der Waals surface area contributed by atoms with Gasteiger partial charge in [-0.05, 0) is 36.5 Å². The summed E-state index contributed by atoms with van der Waals surface area (Å²) >= 11 is 0. The van der Waals surface area contributed by atoms with Crippen LogP contribution in [-0.4, -0.2) is 12.5 Å². The van der Waals surface area contributed by atoms with Crippen molar-refractivity contribution in [3.63, 3.8) is 0 Å². The molecule has 1 amide bonds. The Kier molecular flexibility index (Phi) is 5.48. The molecule has 1 saturated carbocycles. The topological polar surface area (TPSA) is 29.1 Å². The standard InChI is InChI=1S/C15H29NO/c1-12-6-5-7-13(10-12)11-16-14(17)8-9-15(2,3)4/h12-13H,5-11H2,1-4H3,(H,16,17)/t12-,13+/m0/s1. The van der Waals surface area contributed by atoms with Crippen LogP contribution in [0.3, 0.4) is 0 Å². The number of carbonyl (C=O) groups is 1. The predicted molar refractivity (Wildman–Crippen MR) is 72.8 cm³/mol. The lowest BCUT2D eigenvalue weighted by molar-refractivity contribution is -0.121. The van der Waals surface area contributed by atoms with E-state index in [0.717, 1.165) is 24.8 Å². The number of rotatable bonds is 4. The highest BCUT2D eigenvalue weighted by Crippen LogP contribution is 2.28. The average molecular weight is 239 g/mol. The maximum Gasteiger partial charge on any atom is 0.220 e. The molecular weight excluding hydrogens is 210 g/mol. The summed E-state index contributed by atoms with van der Waals surface area (Å²) in [6.07, 6.45) is 6.94. The molecule has 0 spiro atoms. The van der Waals surface area contributed by atoms with E-state index in [9.17, 15) is 4.79 Å². The summed E-state index contributed by atoms with van der Waals surface area (Å²) in [5.74, 6) is 1.80. The predicted octanol–water partition coefficient (Wildman–Crippen LogP) is 3.76. The zero-order valence-electron chi connectivity index (χ0n) is 12.0. The summed E-state index contributed by atoms with van der Waals surface area (Å²) < 4.78 is 0. The summed E-state index contributed by atoms with van der Waals surface area (Å²) in [4.78, 5) is 11.7. The van der Waals surface area contributed by atoms with Gasteiger partial charge >= 0.3 is 0 Å². The van der Waals surface area contributed by atoms with E-state index < -0.39 is 0 Å². The molecule has 0 aromatic heterocycles. The van der Waals surface area contributed by atoms with Crippen LogP contribution < -0.4 is 5.32 Å². The van der Waals surface area contributed by atoms with Crippen LogP contribution in [-0.2, 0) is 4.79 Å². The molecule has 100 valence electrons. The van der Waals surface area contributed by atoms with Crippen LogP contribution in [0.25, 0.3) is 0 Å². The molecule has 2 atom stereocenters. The Morgan fingerprint density at radius 3 is 2.59 bits per heavy atom. The number of hydrogen-bond donors (Lipinski definition) is 1. The molecule has 0 aromatic carbocycles. The van der Waals surface area contributed by atoms with Crippen molar-refractivity contribution in [2.24, 2.45) is 17.3 Å². The third kappa shape index (κ3) is 6.70. The van der Waals surface area contributed by atoms with Crippen molar-refractivity contribution in [3.05, 3.63) is 0 Å². The summed E-state index contributed by atoms with van der Waals surface area (Å²) in [7, 11) is 0. The number of carbonyl (C=O) groups excluding carboxylic acids is 1. The first-order valence-electron chi connectivity index (χ1n) is 7.13. The van der Waals surface area contributed by atoms with Crippen LogP contribution >= 0.6 is 0 Å². The molecule has 0 aromatic rings. The smallest absolute Gasteiger partial charge is 0.220 e. The normalized spacial score (nSPS) is 25.6. The van der Waals surface area contributed by atoms with Gasteiger partial charge in [-0.3, -0.25) is 4.79 Å². The molecule has 1 aliphatic rings. The Bertz CT molecular complexity index is 242. The average Bonchev–Trinajstić information content (AvgIpc) is 2.23. The largest absolute Gasteiger partial charge is 0.356 e. The molecule has 1 aliphatic carbocycles. The highest BCUT2D eigenvalue weighted by molar-refractivity contribution is 5.75. The van der Waals surface area contributed by atoms with E-state index in [1.54, 1.807) is 0 Å². The van der Waals surface area contributed by atoms with Gasteiger partial charge in [0, 0.05) is 13.0 Å². The molecule has 2 nitrogen and oxygen atoms in total. The first-order valence-corrected chi connectivity index (χ1v) is 7.13. The van der Waals surface area contributed by atoms with Crippen LogP contribution in [0.4, 0.5) is 0 Å². The second-order valence-corrected chi connectivity index (χ2v) is 7.00. The van der Waals surface area contributed by atoms with E-state index >= 15 is 0 Å². The summed E-state index contributed by atoms with van der Waals surface area (Å²) in [5, 5.41) is 3.11. The molecule has 2 heteroatoms. The van der Waals surface area contributed by atoms with E-state index in [-0.39, 0.29) is 11.3 Å². The van der Waals surface area contributed by atoms with Gasteiger partial charge in [0.05, 0.1) is 0 Å². The van der Waals surface area contributed by atoms with Gasteiger partial charge in [-0.1, -0.05) is 40.5 Å². The molecule has 1 rings (SSSR count). The monoisotopic (exact) mass is 239 g/mol. The van der Waals surface area contributed by atoms with Crippen molar-refractivity contribution in [1.82, 2.24) is 5.32 Å². The lowest BCUT2D eigenvalue weighted by atomic mass is 9.82. The highest BCUT2D eigenvalue weighted by Gasteiger charge is 2.19. The first kappa shape index (κ1) is 14.5. The molecule has 0 bridgehead atoms. The van der Waals surface area contributed by atoms with Gasteiger partial charge in [0.2, 0.25) is 5.91 Å². The van der Waals surface area contributed by atoms with Gasteiger partial charge in [0.15, 0.2) is 0 Å². The zero-order chi connectivity index (χ0) is 12.9. The quantitative estimate of drug-likeness (QED) is 0.795. The van der Waals surface area contributed by atoms with E-state index in [1.807, 2.05) is 0 Å². The molecule has 1 fully saturated rings. The van der Waals surface area contributed by atoms with Crippen LogP contribution in [0.1, 0.15) is 66.2 Å².